The second-order valence-corrected chi connectivity index (χ2v) is 6.82. The molecule has 3 aromatic carbocycles. The summed E-state index contributed by atoms with van der Waals surface area (Å²) in [5, 5.41) is 19.2. The number of benzene rings is 3. The molecule has 0 aliphatic rings. The van der Waals surface area contributed by atoms with Crippen molar-refractivity contribution in [1.29, 1.82) is 0 Å². The zero-order chi connectivity index (χ0) is 20.1. The third kappa shape index (κ3) is 4.42. The fourth-order valence-corrected chi connectivity index (χ4v) is 2.92. The lowest BCUT2D eigenvalue weighted by molar-refractivity contribution is 0.103. The van der Waals surface area contributed by atoms with E-state index in [1.807, 2.05) is 0 Å². The summed E-state index contributed by atoms with van der Waals surface area (Å²) in [6.45, 7) is 0. The molecule has 0 aliphatic carbocycles. The molecule has 0 aromatic heterocycles. The molecule has 140 valence electrons. The molecule has 0 unspecified atom stereocenters. The molecule has 3 aromatic rings. The average molecular weight is 432 g/mol. The lowest BCUT2D eigenvalue weighted by Gasteiger charge is -2.07. The van der Waals surface area contributed by atoms with Crippen LogP contribution in [0.3, 0.4) is 0 Å². The molecule has 0 saturated heterocycles. The number of Topliss-reactive ketones (excluding diaryl/α,β-unsaturated/α-hetero) is 1. The molecule has 0 atom stereocenters. The van der Waals surface area contributed by atoms with Crippen LogP contribution in [0.25, 0.3) is 5.76 Å². The number of rotatable bonds is 5. The molecule has 0 spiro atoms. The minimum absolute atomic E-state index is 0.101. The van der Waals surface area contributed by atoms with Crippen molar-refractivity contribution in [3.8, 4) is 0 Å². The van der Waals surface area contributed by atoms with Crippen LogP contribution in [0.15, 0.2) is 88.7 Å². The summed E-state index contributed by atoms with van der Waals surface area (Å²) in [6, 6.07) is 20.1. The van der Waals surface area contributed by atoms with Gasteiger partial charge < -0.3 is 5.11 Å². The van der Waals surface area contributed by atoms with Crippen molar-refractivity contribution in [3.05, 3.63) is 105 Å². The third-order valence-corrected chi connectivity index (χ3v) is 5.08. The van der Waals surface area contributed by atoms with Gasteiger partial charge in [0, 0.05) is 11.1 Å². The van der Waals surface area contributed by atoms with Gasteiger partial charge in [-0.25, -0.2) is 0 Å². The molecule has 0 bridgehead atoms. The molecule has 0 heterocycles. The van der Waals surface area contributed by atoms with Gasteiger partial charge in [-0.05, 0) is 12.1 Å². The van der Waals surface area contributed by atoms with Gasteiger partial charge in [-0.15, -0.1) is 10.2 Å². The molecule has 28 heavy (non-hydrogen) atoms. The number of halogens is 3. The predicted molar refractivity (Wildman–Crippen MR) is 113 cm³/mol. The Morgan fingerprint density at radius 1 is 0.750 bits per heavy atom. The van der Waals surface area contributed by atoms with Gasteiger partial charge in [0.2, 0.25) is 5.78 Å². The number of hydrogen-bond donors (Lipinski definition) is 1. The van der Waals surface area contributed by atoms with Crippen LogP contribution in [0, 0.1) is 0 Å². The Kier molecular flexibility index (Phi) is 6.47. The molecule has 7 heteroatoms. The normalized spacial score (nSPS) is 12.1. The standard InChI is InChI=1S/C21H13Cl3N2O2/c22-15-11-12-16(18(24)17(15)23)25-26-19(20(27)13-7-3-1-4-8-13)21(28)14-9-5-2-6-10-14/h1-12,27H/b20-19+,26-25?. The first-order valence-corrected chi connectivity index (χ1v) is 9.26. The van der Waals surface area contributed by atoms with E-state index in [1.54, 1.807) is 60.7 Å². The number of aliphatic hydroxyl groups is 1. The van der Waals surface area contributed by atoms with Crippen molar-refractivity contribution in [1.82, 2.24) is 0 Å². The first kappa shape index (κ1) is 20.1. The van der Waals surface area contributed by atoms with Gasteiger partial charge in [0.05, 0.1) is 15.1 Å². The van der Waals surface area contributed by atoms with Crippen molar-refractivity contribution >= 4 is 52.0 Å². The Balaban J connectivity index is 2.10. The lowest BCUT2D eigenvalue weighted by atomic mass is 10.1. The maximum Gasteiger partial charge on any atom is 0.217 e. The van der Waals surface area contributed by atoms with Crippen LogP contribution in [0.2, 0.25) is 15.1 Å². The summed E-state index contributed by atoms with van der Waals surface area (Å²) in [6.07, 6.45) is 0. The zero-order valence-electron chi connectivity index (χ0n) is 14.3. The molecular weight excluding hydrogens is 419 g/mol. The second kappa shape index (κ2) is 9.02. The zero-order valence-corrected chi connectivity index (χ0v) is 16.6. The summed E-state index contributed by atoms with van der Waals surface area (Å²) >= 11 is 18.1. The van der Waals surface area contributed by atoms with Crippen molar-refractivity contribution in [2.24, 2.45) is 10.2 Å². The third-order valence-electron chi connectivity index (χ3n) is 3.80. The minimum Gasteiger partial charge on any atom is -0.505 e. The number of allylic oxidation sites excluding steroid dienone is 1. The topological polar surface area (TPSA) is 62.0 Å². The summed E-state index contributed by atoms with van der Waals surface area (Å²) < 4.78 is 0. The van der Waals surface area contributed by atoms with E-state index in [9.17, 15) is 9.90 Å². The SMILES string of the molecule is O=C(/C(N=Nc1ccc(Cl)c(Cl)c1Cl)=C(\O)c1ccccc1)c1ccccc1. The summed E-state index contributed by atoms with van der Waals surface area (Å²) in [5.74, 6) is -0.781. The minimum atomic E-state index is -0.484. The highest BCUT2D eigenvalue weighted by molar-refractivity contribution is 6.49. The fourth-order valence-electron chi connectivity index (χ4n) is 2.36. The molecule has 0 saturated carbocycles. The van der Waals surface area contributed by atoms with Crippen LogP contribution in [-0.4, -0.2) is 10.9 Å². The van der Waals surface area contributed by atoms with Crippen LogP contribution in [0.1, 0.15) is 15.9 Å². The van der Waals surface area contributed by atoms with Crippen molar-refractivity contribution in [2.45, 2.75) is 0 Å². The molecule has 3 rings (SSSR count). The van der Waals surface area contributed by atoms with Crippen LogP contribution in [0.5, 0.6) is 0 Å². The lowest BCUT2D eigenvalue weighted by Crippen LogP contribution is -2.04. The van der Waals surface area contributed by atoms with Gasteiger partial charge in [-0.1, -0.05) is 95.5 Å². The Bertz CT molecular complexity index is 1070. The number of aliphatic hydroxyl groups excluding tert-OH is 1. The van der Waals surface area contributed by atoms with E-state index in [0.717, 1.165) is 0 Å². The largest absolute Gasteiger partial charge is 0.505 e. The monoisotopic (exact) mass is 430 g/mol. The van der Waals surface area contributed by atoms with E-state index < -0.39 is 5.78 Å². The number of hydrogen-bond acceptors (Lipinski definition) is 4. The van der Waals surface area contributed by atoms with Crippen molar-refractivity contribution in [2.75, 3.05) is 0 Å². The van der Waals surface area contributed by atoms with Crippen LogP contribution >= 0.6 is 34.8 Å². The van der Waals surface area contributed by atoms with Crippen LogP contribution < -0.4 is 0 Å². The smallest absolute Gasteiger partial charge is 0.217 e. The Hall–Kier alpha value is -2.66. The van der Waals surface area contributed by atoms with Gasteiger partial charge in [0.25, 0.3) is 0 Å². The maximum atomic E-state index is 12.9. The van der Waals surface area contributed by atoms with Gasteiger partial charge >= 0.3 is 0 Å². The number of nitrogens with zero attached hydrogens (tertiary/aromatic N) is 2. The van der Waals surface area contributed by atoms with E-state index in [1.165, 1.54) is 12.1 Å². The summed E-state index contributed by atoms with van der Waals surface area (Å²) in [4.78, 5) is 12.9. The van der Waals surface area contributed by atoms with Gasteiger partial charge in [-0.2, -0.15) is 0 Å². The van der Waals surface area contributed by atoms with Gasteiger partial charge in [0.1, 0.15) is 5.69 Å². The first-order chi connectivity index (χ1) is 13.5. The Morgan fingerprint density at radius 2 is 1.32 bits per heavy atom. The fraction of sp³-hybridized carbons (Fsp3) is 0. The van der Waals surface area contributed by atoms with Gasteiger partial charge in [-0.3, -0.25) is 4.79 Å². The number of azo groups is 1. The number of carbonyl (C=O) groups is 1. The molecular formula is C21H13Cl3N2O2. The van der Waals surface area contributed by atoms with Crippen molar-refractivity contribution < 1.29 is 9.90 Å². The highest BCUT2D eigenvalue weighted by Gasteiger charge is 2.19. The van der Waals surface area contributed by atoms with Crippen molar-refractivity contribution in [3.63, 3.8) is 0 Å². The van der Waals surface area contributed by atoms with E-state index in [-0.39, 0.29) is 32.2 Å². The van der Waals surface area contributed by atoms with E-state index in [2.05, 4.69) is 10.2 Å². The quantitative estimate of drug-likeness (QED) is 0.149. The highest BCUT2D eigenvalue weighted by Crippen LogP contribution is 2.37. The van der Waals surface area contributed by atoms with Gasteiger partial charge in [0.15, 0.2) is 11.5 Å². The highest BCUT2D eigenvalue weighted by atomic mass is 35.5. The summed E-state index contributed by atoms with van der Waals surface area (Å²) in [5.41, 5.74) is 0.787. The number of carbonyl (C=O) groups excluding carboxylic acids is 1. The molecule has 0 aliphatic heterocycles. The maximum absolute atomic E-state index is 12.9. The van der Waals surface area contributed by atoms with Crippen LogP contribution in [-0.2, 0) is 0 Å². The van der Waals surface area contributed by atoms with E-state index >= 15 is 0 Å². The molecule has 4 nitrogen and oxygen atoms in total. The summed E-state index contributed by atoms with van der Waals surface area (Å²) in [7, 11) is 0. The van der Waals surface area contributed by atoms with E-state index in [4.69, 9.17) is 34.8 Å². The molecule has 0 amide bonds. The average Bonchev–Trinajstić information content (AvgIpc) is 2.74. The Labute approximate surface area is 176 Å². The second-order valence-electron chi connectivity index (χ2n) is 5.65. The molecule has 0 radical (unpaired) electrons. The predicted octanol–water partition coefficient (Wildman–Crippen LogP) is 7.54. The molecule has 0 fully saturated rings. The Morgan fingerprint density at radius 3 is 1.93 bits per heavy atom. The number of ketones is 1. The first-order valence-electron chi connectivity index (χ1n) is 8.12. The van der Waals surface area contributed by atoms with E-state index in [0.29, 0.717) is 11.1 Å². The van der Waals surface area contributed by atoms with Crippen LogP contribution in [0.4, 0.5) is 5.69 Å². The molecule has 1 N–H and O–H groups in total.